The summed E-state index contributed by atoms with van der Waals surface area (Å²) >= 11 is 1.57. The molecule has 0 aliphatic rings. The van der Waals surface area contributed by atoms with Crippen molar-refractivity contribution >= 4 is 11.3 Å². The molecule has 0 saturated carbocycles. The second-order valence-corrected chi connectivity index (χ2v) is 7.98. The molecule has 2 atom stereocenters. The normalized spacial score (nSPS) is 13.3. The minimum absolute atomic E-state index is 0.0799. The van der Waals surface area contributed by atoms with Crippen molar-refractivity contribution in [1.29, 1.82) is 0 Å². The van der Waals surface area contributed by atoms with Crippen LogP contribution in [0.4, 0.5) is 4.39 Å². The van der Waals surface area contributed by atoms with Crippen LogP contribution in [-0.4, -0.2) is 10.2 Å². The van der Waals surface area contributed by atoms with Crippen molar-refractivity contribution in [2.75, 3.05) is 0 Å². The minimum atomic E-state index is -0.239. The monoisotopic (exact) mass is 408 g/mol. The van der Waals surface area contributed by atoms with Gasteiger partial charge in [0.05, 0.1) is 4.88 Å². The molecule has 29 heavy (non-hydrogen) atoms. The SMILES string of the molecule is CCc1ccc([C@@H]([NH2+][C@H](C)c2nnc(-c3cccs3)o2)c2cccc(F)c2)cc1. The van der Waals surface area contributed by atoms with Gasteiger partial charge >= 0.3 is 0 Å². The average molecular weight is 409 g/mol. The fourth-order valence-electron chi connectivity index (χ4n) is 3.36. The Labute approximate surface area is 173 Å². The van der Waals surface area contributed by atoms with Crippen LogP contribution in [0, 0.1) is 5.82 Å². The number of nitrogens with two attached hydrogens (primary N) is 1. The highest BCUT2D eigenvalue weighted by Gasteiger charge is 2.25. The highest BCUT2D eigenvalue weighted by atomic mass is 32.1. The standard InChI is InChI=1S/C23H22FN3OS/c1-3-16-9-11-17(12-10-16)21(18-6-4-7-19(24)14-18)25-15(2)22-26-27-23(28-22)20-8-5-13-29-20/h4-15,21,25H,3H2,1-2H3/p+1/t15-,21-/m1/s1. The van der Waals surface area contributed by atoms with Crippen LogP contribution in [-0.2, 0) is 6.42 Å². The van der Waals surface area contributed by atoms with Gasteiger partial charge in [-0.1, -0.05) is 49.4 Å². The molecule has 0 bridgehead atoms. The van der Waals surface area contributed by atoms with Crippen molar-refractivity contribution in [3.63, 3.8) is 0 Å². The van der Waals surface area contributed by atoms with E-state index in [0.29, 0.717) is 11.8 Å². The Morgan fingerprint density at radius 3 is 2.55 bits per heavy atom. The molecule has 2 aromatic carbocycles. The zero-order valence-electron chi connectivity index (χ0n) is 16.4. The van der Waals surface area contributed by atoms with Gasteiger partial charge in [0.25, 0.3) is 11.8 Å². The van der Waals surface area contributed by atoms with Gasteiger partial charge in [-0.15, -0.1) is 21.5 Å². The number of halogens is 1. The maximum atomic E-state index is 13.9. The van der Waals surface area contributed by atoms with E-state index in [1.807, 2.05) is 30.5 Å². The van der Waals surface area contributed by atoms with E-state index in [1.54, 1.807) is 23.5 Å². The number of hydrogen-bond donors (Lipinski definition) is 1. The van der Waals surface area contributed by atoms with E-state index in [9.17, 15) is 4.39 Å². The van der Waals surface area contributed by atoms with Crippen LogP contribution in [0.2, 0.25) is 0 Å². The van der Waals surface area contributed by atoms with Gasteiger partial charge in [0.15, 0.2) is 6.04 Å². The van der Waals surface area contributed by atoms with Gasteiger partial charge in [-0.05, 0) is 42.5 Å². The van der Waals surface area contributed by atoms with E-state index < -0.39 is 0 Å². The first kappa shape index (κ1) is 19.5. The third-order valence-corrected chi connectivity index (χ3v) is 5.86. The van der Waals surface area contributed by atoms with Crippen LogP contribution < -0.4 is 5.32 Å². The predicted molar refractivity (Wildman–Crippen MR) is 112 cm³/mol. The Bertz CT molecular complexity index is 1060. The molecule has 0 spiro atoms. The van der Waals surface area contributed by atoms with Crippen LogP contribution >= 0.6 is 11.3 Å². The zero-order valence-corrected chi connectivity index (χ0v) is 17.2. The summed E-state index contributed by atoms with van der Waals surface area (Å²) in [6.45, 7) is 4.16. The van der Waals surface area contributed by atoms with Gasteiger partial charge in [-0.2, -0.15) is 0 Å². The number of thiophene rings is 1. The van der Waals surface area contributed by atoms with E-state index in [2.05, 4.69) is 46.7 Å². The fourth-order valence-corrected chi connectivity index (χ4v) is 4.01. The largest absolute Gasteiger partial charge is 0.414 e. The summed E-state index contributed by atoms with van der Waals surface area (Å²) in [5, 5.41) is 12.5. The maximum Gasteiger partial charge on any atom is 0.274 e. The first-order valence-electron chi connectivity index (χ1n) is 9.70. The summed E-state index contributed by atoms with van der Waals surface area (Å²) in [6, 6.07) is 19.0. The first-order chi connectivity index (χ1) is 14.1. The number of aryl methyl sites for hydroxylation is 1. The van der Waals surface area contributed by atoms with Crippen LogP contribution in [0.15, 0.2) is 70.5 Å². The van der Waals surface area contributed by atoms with Gasteiger partial charge in [0.1, 0.15) is 11.9 Å². The van der Waals surface area contributed by atoms with Crippen LogP contribution in [0.5, 0.6) is 0 Å². The number of nitrogens with zero attached hydrogens (tertiary/aromatic N) is 2. The summed E-state index contributed by atoms with van der Waals surface area (Å²) in [5.74, 6) is 0.848. The topological polar surface area (TPSA) is 55.5 Å². The molecule has 4 aromatic rings. The van der Waals surface area contributed by atoms with E-state index >= 15 is 0 Å². The second-order valence-electron chi connectivity index (χ2n) is 7.03. The van der Waals surface area contributed by atoms with Gasteiger partial charge in [-0.25, -0.2) is 4.39 Å². The van der Waals surface area contributed by atoms with Gasteiger partial charge in [0.2, 0.25) is 0 Å². The summed E-state index contributed by atoms with van der Waals surface area (Å²) < 4.78 is 19.8. The van der Waals surface area contributed by atoms with Crippen LogP contribution in [0.3, 0.4) is 0 Å². The van der Waals surface area contributed by atoms with Crippen molar-refractivity contribution in [1.82, 2.24) is 10.2 Å². The Balaban J connectivity index is 1.62. The van der Waals surface area contributed by atoms with Crippen molar-refractivity contribution in [2.24, 2.45) is 0 Å². The molecule has 0 radical (unpaired) electrons. The van der Waals surface area contributed by atoms with E-state index in [4.69, 9.17) is 4.42 Å². The molecule has 0 amide bonds. The maximum absolute atomic E-state index is 13.9. The Morgan fingerprint density at radius 2 is 1.86 bits per heavy atom. The fraction of sp³-hybridized carbons (Fsp3) is 0.217. The highest BCUT2D eigenvalue weighted by Crippen LogP contribution is 2.25. The molecular formula is C23H23FN3OS+. The Hall–Kier alpha value is -2.83. The molecule has 0 saturated heterocycles. The van der Waals surface area contributed by atoms with E-state index in [0.717, 1.165) is 22.4 Å². The summed E-state index contributed by atoms with van der Waals surface area (Å²) in [6.07, 6.45) is 0.985. The summed E-state index contributed by atoms with van der Waals surface area (Å²) in [4.78, 5) is 0.952. The lowest BCUT2D eigenvalue weighted by Gasteiger charge is -2.19. The third kappa shape index (κ3) is 4.44. The second kappa shape index (κ2) is 8.68. The van der Waals surface area contributed by atoms with Crippen molar-refractivity contribution in [3.05, 3.63) is 94.4 Å². The first-order valence-corrected chi connectivity index (χ1v) is 10.6. The minimum Gasteiger partial charge on any atom is -0.414 e. The molecule has 2 aromatic heterocycles. The summed E-state index contributed by atoms with van der Waals surface area (Å²) in [7, 11) is 0. The Morgan fingerprint density at radius 1 is 1.03 bits per heavy atom. The number of benzene rings is 2. The number of rotatable bonds is 7. The van der Waals surface area contributed by atoms with Crippen LogP contribution in [0.25, 0.3) is 10.8 Å². The van der Waals surface area contributed by atoms with E-state index in [-0.39, 0.29) is 17.9 Å². The molecule has 0 aliphatic heterocycles. The van der Waals surface area contributed by atoms with Gasteiger partial charge in [0, 0.05) is 11.1 Å². The lowest BCUT2D eigenvalue weighted by molar-refractivity contribution is -0.725. The molecule has 2 N–H and O–H groups in total. The molecule has 148 valence electrons. The highest BCUT2D eigenvalue weighted by molar-refractivity contribution is 7.13. The number of aromatic nitrogens is 2. The average Bonchev–Trinajstić information content (AvgIpc) is 3.43. The Kier molecular flexibility index (Phi) is 5.83. The smallest absolute Gasteiger partial charge is 0.274 e. The quantitative estimate of drug-likeness (QED) is 0.473. The molecule has 6 heteroatoms. The number of hydrogen-bond acceptors (Lipinski definition) is 4. The molecule has 2 heterocycles. The van der Waals surface area contributed by atoms with E-state index in [1.165, 1.54) is 11.6 Å². The van der Waals surface area contributed by atoms with Crippen LogP contribution in [0.1, 0.15) is 48.5 Å². The molecule has 0 fully saturated rings. The van der Waals surface area contributed by atoms with Gasteiger partial charge < -0.3 is 9.73 Å². The molecule has 4 rings (SSSR count). The zero-order chi connectivity index (χ0) is 20.2. The van der Waals surface area contributed by atoms with Crippen molar-refractivity contribution in [2.45, 2.75) is 32.4 Å². The molecular weight excluding hydrogens is 385 g/mol. The van der Waals surface area contributed by atoms with Crippen molar-refractivity contribution < 1.29 is 14.1 Å². The lowest BCUT2D eigenvalue weighted by Crippen LogP contribution is -2.86. The van der Waals surface area contributed by atoms with Crippen molar-refractivity contribution in [3.8, 4) is 10.8 Å². The number of quaternary nitrogens is 1. The molecule has 0 unspecified atom stereocenters. The molecule has 0 aliphatic carbocycles. The van der Waals surface area contributed by atoms with Gasteiger partial charge in [-0.3, -0.25) is 0 Å². The molecule has 4 nitrogen and oxygen atoms in total. The predicted octanol–water partition coefficient (Wildman–Crippen LogP) is 4.91. The summed E-state index contributed by atoms with van der Waals surface area (Å²) in [5.41, 5.74) is 3.29. The third-order valence-electron chi connectivity index (χ3n) is 5.00. The lowest BCUT2D eigenvalue weighted by atomic mass is 9.96.